The Kier molecular flexibility index (Phi) is 62.9. The van der Waals surface area contributed by atoms with Gasteiger partial charge in [-0.25, -0.2) is 0 Å². The number of allylic oxidation sites excluding steroid dienone is 24. The lowest BCUT2D eigenvalue weighted by Gasteiger charge is -2.18. The number of rotatable bonds is 58. The number of carbonyl (C=O) groups is 3. The van der Waals surface area contributed by atoms with Crippen LogP contribution in [0.3, 0.4) is 0 Å². The lowest BCUT2D eigenvalue weighted by atomic mass is 10.1. The quantitative estimate of drug-likeness (QED) is 0.0261. The fraction of sp³-hybridized carbons (Fsp3) is 0.635. The Morgan fingerprint density at radius 3 is 0.787 bits per heavy atom. The summed E-state index contributed by atoms with van der Waals surface area (Å²) in [7, 11) is 0. The molecule has 6 heteroatoms. The van der Waals surface area contributed by atoms with Gasteiger partial charge >= 0.3 is 17.9 Å². The molecule has 0 aromatic rings. The van der Waals surface area contributed by atoms with Crippen LogP contribution in [-0.4, -0.2) is 37.2 Å². The molecule has 0 fully saturated rings. The van der Waals surface area contributed by atoms with Crippen molar-refractivity contribution in [3.8, 4) is 0 Å². The van der Waals surface area contributed by atoms with Crippen molar-refractivity contribution in [1.82, 2.24) is 0 Å². The zero-order chi connectivity index (χ0) is 57.8. The molecule has 452 valence electrons. The Morgan fingerprint density at radius 1 is 0.263 bits per heavy atom. The van der Waals surface area contributed by atoms with Crippen LogP contribution in [0.5, 0.6) is 0 Å². The van der Waals surface area contributed by atoms with E-state index in [0.29, 0.717) is 19.3 Å². The van der Waals surface area contributed by atoms with Gasteiger partial charge in [-0.3, -0.25) is 14.4 Å². The second-order valence-electron chi connectivity index (χ2n) is 21.3. The second kappa shape index (κ2) is 66.8. The van der Waals surface area contributed by atoms with Gasteiger partial charge in [-0.15, -0.1) is 0 Å². The summed E-state index contributed by atoms with van der Waals surface area (Å²) in [6, 6.07) is 0. The number of hydrogen-bond acceptors (Lipinski definition) is 6. The minimum Gasteiger partial charge on any atom is -0.462 e. The Hall–Kier alpha value is -4.71. The Morgan fingerprint density at radius 2 is 0.487 bits per heavy atom. The van der Waals surface area contributed by atoms with Crippen molar-refractivity contribution in [3.63, 3.8) is 0 Å². The lowest BCUT2D eigenvalue weighted by Crippen LogP contribution is -2.30. The van der Waals surface area contributed by atoms with Gasteiger partial charge in [0.2, 0.25) is 0 Å². The van der Waals surface area contributed by atoms with Crippen LogP contribution < -0.4 is 0 Å². The molecule has 0 spiro atoms. The standard InChI is InChI=1S/C74H120O6/c1-4-7-10-13-16-19-22-25-28-31-34-35-36-37-38-39-41-43-46-49-52-55-58-61-64-67-73(76)79-70-71(69-78-72(75)66-63-60-57-54-51-48-45-42-33-30-27-24-21-18-15-12-9-6-3)80-74(77)68-65-62-59-56-53-50-47-44-40-32-29-26-23-20-17-14-11-8-5-2/h7-8,10-11,16-17,19-20,25-26,28-30,33-35,37-38,40-41,43-44,49,52,71H,4-6,9,12-15,18,21-24,27,31-32,36,39,42,45-48,50-51,53-70H2,1-3H3/b10-7-,11-8-,19-16-,20-17-,28-25-,29-26-,33-30-,35-34-,38-37-,43-41-,44-40-,52-49-. The fourth-order valence-corrected chi connectivity index (χ4v) is 8.70. The van der Waals surface area contributed by atoms with E-state index >= 15 is 0 Å². The molecule has 0 aliphatic heterocycles. The van der Waals surface area contributed by atoms with Gasteiger partial charge in [-0.2, -0.15) is 0 Å². The summed E-state index contributed by atoms with van der Waals surface area (Å²) < 4.78 is 16.9. The lowest BCUT2D eigenvalue weighted by molar-refractivity contribution is -0.167. The predicted octanol–water partition coefficient (Wildman–Crippen LogP) is 22.7. The van der Waals surface area contributed by atoms with Crippen LogP contribution in [0, 0.1) is 0 Å². The largest absolute Gasteiger partial charge is 0.462 e. The number of unbranched alkanes of at least 4 members (excludes halogenated alkanes) is 23. The second-order valence-corrected chi connectivity index (χ2v) is 21.3. The van der Waals surface area contributed by atoms with Gasteiger partial charge in [0, 0.05) is 19.3 Å². The van der Waals surface area contributed by atoms with E-state index in [9.17, 15) is 14.4 Å². The van der Waals surface area contributed by atoms with Crippen molar-refractivity contribution in [3.05, 3.63) is 146 Å². The topological polar surface area (TPSA) is 78.9 Å². The molecule has 80 heavy (non-hydrogen) atoms. The van der Waals surface area contributed by atoms with Crippen LogP contribution in [0.1, 0.15) is 284 Å². The van der Waals surface area contributed by atoms with E-state index in [1.165, 1.54) is 96.3 Å². The van der Waals surface area contributed by atoms with E-state index in [1.54, 1.807) is 0 Å². The monoisotopic (exact) mass is 1100 g/mol. The van der Waals surface area contributed by atoms with Crippen LogP contribution in [0.25, 0.3) is 0 Å². The third-order valence-electron chi connectivity index (χ3n) is 13.6. The normalized spacial score (nSPS) is 13.1. The third-order valence-corrected chi connectivity index (χ3v) is 13.6. The number of esters is 3. The van der Waals surface area contributed by atoms with Crippen molar-refractivity contribution in [1.29, 1.82) is 0 Å². The molecule has 0 amide bonds. The Balaban J connectivity index is 4.50. The molecule has 0 aliphatic rings. The number of hydrogen-bond donors (Lipinski definition) is 0. The first-order valence-electron chi connectivity index (χ1n) is 32.8. The summed E-state index contributed by atoms with van der Waals surface area (Å²) in [6.45, 7) is 6.38. The van der Waals surface area contributed by atoms with Crippen LogP contribution in [-0.2, 0) is 28.6 Å². The van der Waals surface area contributed by atoms with Crippen molar-refractivity contribution in [2.75, 3.05) is 13.2 Å². The molecular formula is C74H120O6. The van der Waals surface area contributed by atoms with Gasteiger partial charge in [0.1, 0.15) is 13.2 Å². The van der Waals surface area contributed by atoms with Crippen LogP contribution in [0.2, 0.25) is 0 Å². The predicted molar refractivity (Wildman–Crippen MR) is 348 cm³/mol. The smallest absolute Gasteiger partial charge is 0.306 e. The molecule has 0 saturated heterocycles. The molecule has 0 aromatic carbocycles. The number of carbonyl (C=O) groups excluding carboxylic acids is 3. The van der Waals surface area contributed by atoms with E-state index < -0.39 is 6.10 Å². The van der Waals surface area contributed by atoms with E-state index in [2.05, 4.69) is 167 Å². The van der Waals surface area contributed by atoms with Gasteiger partial charge in [-0.1, -0.05) is 269 Å². The van der Waals surface area contributed by atoms with Crippen LogP contribution in [0.15, 0.2) is 146 Å². The maximum Gasteiger partial charge on any atom is 0.306 e. The molecule has 0 aromatic heterocycles. The first-order chi connectivity index (χ1) is 39.5. The molecule has 0 heterocycles. The van der Waals surface area contributed by atoms with Crippen LogP contribution in [0.4, 0.5) is 0 Å². The fourth-order valence-electron chi connectivity index (χ4n) is 8.70. The van der Waals surface area contributed by atoms with E-state index in [0.717, 1.165) is 148 Å². The zero-order valence-corrected chi connectivity index (χ0v) is 51.8. The van der Waals surface area contributed by atoms with Crippen molar-refractivity contribution >= 4 is 17.9 Å². The van der Waals surface area contributed by atoms with Crippen molar-refractivity contribution < 1.29 is 28.6 Å². The van der Waals surface area contributed by atoms with E-state index in [-0.39, 0.29) is 31.1 Å². The molecule has 0 aliphatic carbocycles. The van der Waals surface area contributed by atoms with Gasteiger partial charge < -0.3 is 14.2 Å². The summed E-state index contributed by atoms with van der Waals surface area (Å²) in [6.07, 6.45) is 95.6. The van der Waals surface area contributed by atoms with Gasteiger partial charge in [0.25, 0.3) is 0 Å². The van der Waals surface area contributed by atoms with Crippen LogP contribution >= 0.6 is 0 Å². The highest BCUT2D eigenvalue weighted by atomic mass is 16.6. The zero-order valence-electron chi connectivity index (χ0n) is 51.8. The molecule has 0 N–H and O–H groups in total. The molecule has 6 nitrogen and oxygen atoms in total. The molecular weight excluding hydrogens is 985 g/mol. The SMILES string of the molecule is CC/C=C\C/C=C\C/C=C\C/C=C\C/C=C\C/C=C\C/C=C\CCCCCC(=O)OCC(COC(=O)CCCCCCCCC/C=C\CCCCCCCCC)OC(=O)CCCCCCCC/C=C\C/C=C\C/C=C\C/C=C\CC. The molecule has 0 bridgehead atoms. The summed E-state index contributed by atoms with van der Waals surface area (Å²) in [5.41, 5.74) is 0. The maximum atomic E-state index is 12.9. The minimum atomic E-state index is -0.810. The summed E-state index contributed by atoms with van der Waals surface area (Å²) >= 11 is 0. The highest BCUT2D eigenvalue weighted by molar-refractivity contribution is 5.71. The van der Waals surface area contributed by atoms with Crippen molar-refractivity contribution in [2.45, 2.75) is 290 Å². The first-order valence-corrected chi connectivity index (χ1v) is 32.8. The van der Waals surface area contributed by atoms with Crippen molar-refractivity contribution in [2.24, 2.45) is 0 Å². The molecule has 1 unspecified atom stereocenters. The van der Waals surface area contributed by atoms with Gasteiger partial charge in [0.15, 0.2) is 6.10 Å². The molecule has 0 saturated carbocycles. The summed E-state index contributed by atoms with van der Waals surface area (Å²) in [5.74, 6) is -0.952. The summed E-state index contributed by atoms with van der Waals surface area (Å²) in [4.78, 5) is 38.4. The summed E-state index contributed by atoms with van der Waals surface area (Å²) in [5, 5.41) is 0. The number of ether oxygens (including phenoxy) is 3. The van der Waals surface area contributed by atoms with E-state index in [1.807, 2.05) is 0 Å². The average Bonchev–Trinajstić information content (AvgIpc) is 3.46. The minimum absolute atomic E-state index is 0.102. The molecule has 0 radical (unpaired) electrons. The molecule has 0 rings (SSSR count). The van der Waals surface area contributed by atoms with E-state index in [4.69, 9.17) is 14.2 Å². The maximum absolute atomic E-state index is 12.9. The third kappa shape index (κ3) is 64.1. The highest BCUT2D eigenvalue weighted by Gasteiger charge is 2.19. The average molecular weight is 1110 g/mol. The van der Waals surface area contributed by atoms with Gasteiger partial charge in [-0.05, 0) is 141 Å². The van der Waals surface area contributed by atoms with Gasteiger partial charge in [0.05, 0.1) is 0 Å². The first kappa shape index (κ1) is 75.3. The molecule has 1 atom stereocenters. The highest BCUT2D eigenvalue weighted by Crippen LogP contribution is 2.15. The Labute approximate surface area is 493 Å². The Bertz CT molecular complexity index is 1750.